The number of ketones is 3. The highest BCUT2D eigenvalue weighted by Gasteiger charge is 2.82. The molecular weight excluding hydrogens is 452 g/mol. The number of rotatable bonds is 5. The molecule has 0 aromatic rings. The van der Waals surface area contributed by atoms with Crippen molar-refractivity contribution in [2.45, 2.75) is 112 Å². The normalized spacial score (nSPS) is 47.6. The molecule has 5 heteroatoms. The Hall–Kier alpha value is -1.33. The van der Waals surface area contributed by atoms with Crippen molar-refractivity contribution in [3.8, 4) is 0 Å². The molecule has 0 unspecified atom stereocenters. The van der Waals surface area contributed by atoms with Gasteiger partial charge in [0.1, 0.15) is 11.6 Å². The van der Waals surface area contributed by atoms with Crippen LogP contribution in [0.2, 0.25) is 0 Å². The molecule has 200 valence electrons. The Bertz CT molecular complexity index is 1020. The smallest absolute Gasteiger partial charge is 0.164 e. The molecule has 4 saturated carbocycles. The van der Waals surface area contributed by atoms with Gasteiger partial charge in [-0.1, -0.05) is 40.2 Å². The number of carbonyl (C=O) groups excluding carboxylic acids is 3. The summed E-state index contributed by atoms with van der Waals surface area (Å²) in [4.78, 5) is 40.1. The topological polar surface area (TPSA) is 69.7 Å². The van der Waals surface area contributed by atoms with Crippen molar-refractivity contribution in [1.82, 2.24) is 0 Å². The molecule has 0 radical (unpaired) electrons. The average Bonchev–Trinajstić information content (AvgIpc) is 3.16. The highest BCUT2D eigenvalue weighted by molar-refractivity contribution is 5.92. The first kappa shape index (κ1) is 26.3. The van der Waals surface area contributed by atoms with Crippen LogP contribution in [0.25, 0.3) is 0 Å². The Morgan fingerprint density at radius 2 is 1.78 bits per heavy atom. The number of Topliss-reactive ketones (excluding diaryl/α,β-unsaturated/α-hetero) is 2. The summed E-state index contributed by atoms with van der Waals surface area (Å²) in [6, 6.07) is 0. The molecule has 1 heterocycles. The largest absolute Gasteiger partial charge is 0.355 e. The summed E-state index contributed by atoms with van der Waals surface area (Å²) in [7, 11) is 1.71. The van der Waals surface area contributed by atoms with Crippen LogP contribution in [-0.4, -0.2) is 36.4 Å². The van der Waals surface area contributed by atoms with E-state index in [-0.39, 0.29) is 51.3 Å². The molecule has 0 N–H and O–H groups in total. The highest BCUT2D eigenvalue weighted by Crippen LogP contribution is 2.79. The zero-order chi connectivity index (χ0) is 26.5. The number of fused-ring (bicyclic) bond motifs is 2. The van der Waals surface area contributed by atoms with Crippen molar-refractivity contribution in [3.05, 3.63) is 11.6 Å². The van der Waals surface area contributed by atoms with Crippen LogP contribution in [0.3, 0.4) is 0 Å². The molecule has 0 aromatic heterocycles. The summed E-state index contributed by atoms with van der Waals surface area (Å²) >= 11 is 0. The van der Waals surface area contributed by atoms with Crippen LogP contribution in [0.1, 0.15) is 99.8 Å². The lowest BCUT2D eigenvalue weighted by Crippen LogP contribution is -2.69. The lowest BCUT2D eigenvalue weighted by molar-refractivity contribution is -0.222. The number of hydrogen-bond acceptors (Lipinski definition) is 5. The monoisotopic (exact) mass is 498 g/mol. The van der Waals surface area contributed by atoms with Gasteiger partial charge in [-0.05, 0) is 74.7 Å². The van der Waals surface area contributed by atoms with Crippen LogP contribution >= 0.6 is 0 Å². The quantitative estimate of drug-likeness (QED) is 0.429. The fourth-order valence-electron chi connectivity index (χ4n) is 10.6. The summed E-state index contributed by atoms with van der Waals surface area (Å²) in [5, 5.41) is 0. The third-order valence-corrected chi connectivity index (χ3v) is 12.4. The third kappa shape index (κ3) is 2.99. The summed E-state index contributed by atoms with van der Waals surface area (Å²) in [6.07, 6.45) is 7.47. The van der Waals surface area contributed by atoms with E-state index < -0.39 is 17.3 Å². The lowest BCUT2D eigenvalue weighted by atomic mass is 9.36. The van der Waals surface area contributed by atoms with Gasteiger partial charge in [0.25, 0.3) is 0 Å². The molecule has 1 aliphatic heterocycles. The van der Waals surface area contributed by atoms with E-state index in [4.69, 9.17) is 9.47 Å². The van der Waals surface area contributed by atoms with Gasteiger partial charge in [0, 0.05) is 43.6 Å². The van der Waals surface area contributed by atoms with Crippen molar-refractivity contribution in [3.63, 3.8) is 0 Å². The molecule has 36 heavy (non-hydrogen) atoms. The Kier molecular flexibility index (Phi) is 5.90. The van der Waals surface area contributed by atoms with Gasteiger partial charge in [0.15, 0.2) is 12.1 Å². The molecule has 1 saturated heterocycles. The zero-order valence-corrected chi connectivity index (χ0v) is 23.7. The van der Waals surface area contributed by atoms with Gasteiger partial charge in [-0.3, -0.25) is 14.4 Å². The maximum Gasteiger partial charge on any atom is 0.164 e. The Morgan fingerprint density at radius 1 is 1.08 bits per heavy atom. The second-order valence-corrected chi connectivity index (χ2v) is 14.3. The SMILES string of the molecule is CO[C@@H]1O[C@]23CC(=O)[C@@H]4[C@@]1(CC[C@]1(C)[C@@H]([C@H](C)CC(=O)C=C(C)C)CC[C@@]41C)[C@@H]2CCC(=O)C3(C)C. The van der Waals surface area contributed by atoms with Gasteiger partial charge < -0.3 is 9.47 Å². The minimum absolute atomic E-state index is 0.0237. The Morgan fingerprint density at radius 3 is 2.42 bits per heavy atom. The molecule has 0 aromatic carbocycles. The number of allylic oxidation sites excluding steroid dienone is 2. The standard InChI is InChI=1S/C31H46O5/c1-18(2)15-20(32)16-19(3)21-11-12-29(7)25-22(33)17-31-23(9-10-24(34)27(31,4)5)30(25,26(35-8)36-31)14-13-28(21,29)6/h15,19,21,23,25-26H,9-14,16-17H2,1-8H3/t19-,21-,23+,25+,26-,28-,29+,30-,31-/m1/s1. The summed E-state index contributed by atoms with van der Waals surface area (Å²) in [5.41, 5.74) is -0.995. The first-order valence-electron chi connectivity index (χ1n) is 14.2. The van der Waals surface area contributed by atoms with Crippen LogP contribution in [0.5, 0.6) is 0 Å². The second-order valence-electron chi connectivity index (χ2n) is 14.3. The second kappa shape index (κ2) is 8.09. The van der Waals surface area contributed by atoms with Crippen molar-refractivity contribution < 1.29 is 23.9 Å². The summed E-state index contributed by atoms with van der Waals surface area (Å²) < 4.78 is 12.9. The Labute approximate surface area is 217 Å². The van der Waals surface area contributed by atoms with E-state index in [0.717, 1.165) is 37.7 Å². The number of methoxy groups -OCH3 is 1. The molecule has 0 amide bonds. The minimum Gasteiger partial charge on any atom is -0.355 e. The first-order chi connectivity index (χ1) is 16.7. The molecule has 5 nitrogen and oxygen atoms in total. The summed E-state index contributed by atoms with van der Waals surface area (Å²) in [5.74, 6) is 1.39. The van der Waals surface area contributed by atoms with Gasteiger partial charge in [0.2, 0.25) is 0 Å². The van der Waals surface area contributed by atoms with Crippen molar-refractivity contribution >= 4 is 17.3 Å². The van der Waals surface area contributed by atoms with Gasteiger partial charge in [-0.25, -0.2) is 0 Å². The van der Waals surface area contributed by atoms with E-state index in [1.165, 1.54) is 0 Å². The molecule has 2 bridgehead atoms. The number of hydrogen-bond donors (Lipinski definition) is 0. The molecule has 9 atom stereocenters. The van der Waals surface area contributed by atoms with E-state index in [9.17, 15) is 14.4 Å². The fourth-order valence-corrected chi connectivity index (χ4v) is 10.6. The van der Waals surface area contributed by atoms with Gasteiger partial charge in [0.05, 0.1) is 11.0 Å². The van der Waals surface area contributed by atoms with Crippen LogP contribution < -0.4 is 0 Å². The van der Waals surface area contributed by atoms with E-state index in [2.05, 4.69) is 20.8 Å². The minimum atomic E-state index is -0.761. The predicted molar refractivity (Wildman–Crippen MR) is 138 cm³/mol. The van der Waals surface area contributed by atoms with Crippen LogP contribution in [0.15, 0.2) is 11.6 Å². The third-order valence-electron chi connectivity index (χ3n) is 12.4. The van der Waals surface area contributed by atoms with Crippen LogP contribution in [0.4, 0.5) is 0 Å². The highest BCUT2D eigenvalue weighted by atomic mass is 16.7. The van der Waals surface area contributed by atoms with Crippen LogP contribution in [0, 0.1) is 45.3 Å². The molecule has 5 fully saturated rings. The van der Waals surface area contributed by atoms with Crippen LogP contribution in [-0.2, 0) is 23.9 Å². The van der Waals surface area contributed by atoms with Crippen molar-refractivity contribution in [2.24, 2.45) is 45.3 Å². The molecular formula is C31H46O5. The molecule has 5 aliphatic rings. The van der Waals surface area contributed by atoms with E-state index in [1.54, 1.807) is 13.2 Å². The average molecular weight is 499 g/mol. The van der Waals surface area contributed by atoms with E-state index in [1.807, 2.05) is 27.7 Å². The molecule has 4 aliphatic carbocycles. The van der Waals surface area contributed by atoms with E-state index in [0.29, 0.717) is 25.2 Å². The molecule has 1 spiro atoms. The van der Waals surface area contributed by atoms with Crippen molar-refractivity contribution in [1.29, 1.82) is 0 Å². The maximum absolute atomic E-state index is 14.3. The summed E-state index contributed by atoms with van der Waals surface area (Å²) in [6.45, 7) is 14.9. The first-order valence-corrected chi connectivity index (χ1v) is 14.2. The van der Waals surface area contributed by atoms with Gasteiger partial charge >= 0.3 is 0 Å². The van der Waals surface area contributed by atoms with Gasteiger partial charge in [-0.2, -0.15) is 0 Å². The maximum atomic E-state index is 14.3. The lowest BCUT2D eigenvalue weighted by Gasteiger charge is -2.65. The number of ether oxygens (including phenoxy) is 2. The molecule has 5 rings (SSSR count). The van der Waals surface area contributed by atoms with E-state index >= 15 is 0 Å². The van der Waals surface area contributed by atoms with Crippen molar-refractivity contribution in [2.75, 3.05) is 7.11 Å². The Balaban J connectivity index is 1.55. The zero-order valence-electron chi connectivity index (χ0n) is 23.7. The predicted octanol–water partition coefficient (Wildman–Crippen LogP) is 6.09. The fraction of sp³-hybridized carbons (Fsp3) is 0.839. The number of carbonyl (C=O) groups is 3. The van der Waals surface area contributed by atoms with Gasteiger partial charge in [-0.15, -0.1) is 0 Å².